The Morgan fingerprint density at radius 2 is 1.87 bits per heavy atom. The Hall–Kier alpha value is -0.530. The molecule has 0 aromatic carbocycles. The SMILES string of the molecule is CC(CCC(C)C(=O)O)CC1CCCC1. The summed E-state index contributed by atoms with van der Waals surface area (Å²) in [7, 11) is 0. The number of carboxylic acids is 1. The van der Waals surface area contributed by atoms with Gasteiger partial charge in [-0.3, -0.25) is 4.79 Å². The van der Waals surface area contributed by atoms with E-state index >= 15 is 0 Å². The van der Waals surface area contributed by atoms with Gasteiger partial charge in [0.25, 0.3) is 0 Å². The molecule has 2 atom stereocenters. The number of carboxylic acid groups (broad SMARTS) is 1. The molecule has 0 saturated heterocycles. The van der Waals surface area contributed by atoms with Crippen molar-refractivity contribution in [3.8, 4) is 0 Å². The monoisotopic (exact) mass is 212 g/mol. The van der Waals surface area contributed by atoms with Crippen molar-refractivity contribution < 1.29 is 9.90 Å². The standard InChI is InChI=1S/C13H24O2/c1-10(7-8-11(2)13(14)15)9-12-5-3-4-6-12/h10-12H,3-9H2,1-2H3,(H,14,15). The van der Waals surface area contributed by atoms with E-state index in [1.807, 2.05) is 6.92 Å². The van der Waals surface area contributed by atoms with Crippen molar-refractivity contribution in [3.63, 3.8) is 0 Å². The van der Waals surface area contributed by atoms with Crippen LogP contribution in [0.3, 0.4) is 0 Å². The lowest BCUT2D eigenvalue weighted by Gasteiger charge is -2.17. The third kappa shape index (κ3) is 4.67. The second-order valence-electron chi connectivity index (χ2n) is 5.31. The highest BCUT2D eigenvalue weighted by atomic mass is 16.4. The minimum Gasteiger partial charge on any atom is -0.481 e. The molecule has 1 aliphatic carbocycles. The molecule has 0 spiro atoms. The molecule has 1 fully saturated rings. The summed E-state index contributed by atoms with van der Waals surface area (Å²) in [6.45, 7) is 4.08. The lowest BCUT2D eigenvalue weighted by molar-refractivity contribution is -0.141. The predicted molar refractivity (Wildman–Crippen MR) is 61.8 cm³/mol. The summed E-state index contributed by atoms with van der Waals surface area (Å²) in [5, 5.41) is 8.78. The van der Waals surface area contributed by atoms with Crippen LogP contribution in [0.5, 0.6) is 0 Å². The molecular weight excluding hydrogens is 188 g/mol. The van der Waals surface area contributed by atoms with Crippen LogP contribution in [0.4, 0.5) is 0 Å². The van der Waals surface area contributed by atoms with Gasteiger partial charge >= 0.3 is 5.97 Å². The minimum absolute atomic E-state index is 0.170. The molecule has 88 valence electrons. The van der Waals surface area contributed by atoms with E-state index in [1.165, 1.54) is 32.1 Å². The van der Waals surface area contributed by atoms with Gasteiger partial charge in [-0.2, -0.15) is 0 Å². The number of hydrogen-bond acceptors (Lipinski definition) is 1. The first-order chi connectivity index (χ1) is 7.09. The second kappa shape index (κ2) is 6.14. The van der Waals surface area contributed by atoms with Crippen LogP contribution in [0.1, 0.15) is 58.8 Å². The summed E-state index contributed by atoms with van der Waals surface area (Å²) in [6.07, 6.45) is 8.84. The Labute approximate surface area is 93.1 Å². The number of aliphatic carboxylic acids is 1. The lowest BCUT2D eigenvalue weighted by Crippen LogP contribution is -2.11. The summed E-state index contributed by atoms with van der Waals surface area (Å²) >= 11 is 0. The average Bonchev–Trinajstić information content (AvgIpc) is 2.66. The summed E-state index contributed by atoms with van der Waals surface area (Å²) in [5.41, 5.74) is 0. The maximum Gasteiger partial charge on any atom is 0.306 e. The second-order valence-corrected chi connectivity index (χ2v) is 5.31. The van der Waals surface area contributed by atoms with E-state index in [-0.39, 0.29) is 5.92 Å². The van der Waals surface area contributed by atoms with Crippen molar-refractivity contribution in [2.75, 3.05) is 0 Å². The van der Waals surface area contributed by atoms with Gasteiger partial charge in [-0.15, -0.1) is 0 Å². The first kappa shape index (κ1) is 12.5. The topological polar surface area (TPSA) is 37.3 Å². The van der Waals surface area contributed by atoms with Crippen LogP contribution in [0.25, 0.3) is 0 Å². The normalized spacial score (nSPS) is 21.5. The van der Waals surface area contributed by atoms with Crippen LogP contribution in [-0.4, -0.2) is 11.1 Å². The largest absolute Gasteiger partial charge is 0.481 e. The van der Waals surface area contributed by atoms with E-state index in [0.29, 0.717) is 5.92 Å². The summed E-state index contributed by atoms with van der Waals surface area (Å²) in [5.74, 6) is 0.814. The summed E-state index contributed by atoms with van der Waals surface area (Å²) < 4.78 is 0. The maximum atomic E-state index is 10.7. The summed E-state index contributed by atoms with van der Waals surface area (Å²) in [6, 6.07) is 0. The van der Waals surface area contributed by atoms with Crippen LogP contribution < -0.4 is 0 Å². The molecule has 1 rings (SSSR count). The molecule has 2 unspecified atom stereocenters. The first-order valence-corrected chi connectivity index (χ1v) is 6.32. The fraction of sp³-hybridized carbons (Fsp3) is 0.923. The highest BCUT2D eigenvalue weighted by molar-refractivity contribution is 5.69. The van der Waals surface area contributed by atoms with E-state index < -0.39 is 5.97 Å². The van der Waals surface area contributed by atoms with Gasteiger partial charge in [0.05, 0.1) is 5.92 Å². The van der Waals surface area contributed by atoms with E-state index in [0.717, 1.165) is 18.8 Å². The molecule has 2 nitrogen and oxygen atoms in total. The van der Waals surface area contributed by atoms with Gasteiger partial charge in [-0.05, 0) is 31.1 Å². The van der Waals surface area contributed by atoms with Gasteiger partial charge in [-0.1, -0.05) is 39.5 Å². The Morgan fingerprint density at radius 3 is 2.40 bits per heavy atom. The fourth-order valence-corrected chi connectivity index (χ4v) is 2.59. The molecule has 0 aromatic heterocycles. The van der Waals surface area contributed by atoms with Crippen LogP contribution in [0.2, 0.25) is 0 Å². The molecule has 1 saturated carbocycles. The molecule has 0 heterocycles. The van der Waals surface area contributed by atoms with Crippen LogP contribution in [0, 0.1) is 17.8 Å². The van der Waals surface area contributed by atoms with Crippen molar-refractivity contribution in [1.29, 1.82) is 0 Å². The van der Waals surface area contributed by atoms with Crippen LogP contribution >= 0.6 is 0 Å². The maximum absolute atomic E-state index is 10.7. The van der Waals surface area contributed by atoms with Crippen molar-refractivity contribution in [2.24, 2.45) is 17.8 Å². The first-order valence-electron chi connectivity index (χ1n) is 6.32. The Bertz CT molecular complexity index is 195. The van der Waals surface area contributed by atoms with Gasteiger partial charge < -0.3 is 5.11 Å². The van der Waals surface area contributed by atoms with Crippen LogP contribution in [-0.2, 0) is 4.79 Å². The minimum atomic E-state index is -0.650. The van der Waals surface area contributed by atoms with Crippen molar-refractivity contribution >= 4 is 5.97 Å². The number of hydrogen-bond donors (Lipinski definition) is 1. The van der Waals surface area contributed by atoms with Crippen molar-refractivity contribution in [2.45, 2.75) is 58.8 Å². The molecule has 0 aromatic rings. The van der Waals surface area contributed by atoms with E-state index in [2.05, 4.69) is 6.92 Å². The van der Waals surface area contributed by atoms with E-state index in [1.54, 1.807) is 0 Å². The Kier molecular flexibility index (Phi) is 5.13. The van der Waals surface area contributed by atoms with Crippen molar-refractivity contribution in [1.82, 2.24) is 0 Å². The zero-order chi connectivity index (χ0) is 11.3. The van der Waals surface area contributed by atoms with Gasteiger partial charge in [0.2, 0.25) is 0 Å². The molecule has 0 radical (unpaired) electrons. The molecule has 0 aliphatic heterocycles. The van der Waals surface area contributed by atoms with Gasteiger partial charge in [0.1, 0.15) is 0 Å². The van der Waals surface area contributed by atoms with Gasteiger partial charge in [0.15, 0.2) is 0 Å². The fourth-order valence-electron chi connectivity index (χ4n) is 2.59. The van der Waals surface area contributed by atoms with Gasteiger partial charge in [0, 0.05) is 0 Å². The third-order valence-corrected chi connectivity index (χ3v) is 3.72. The zero-order valence-corrected chi connectivity index (χ0v) is 10.0. The average molecular weight is 212 g/mol. The highest BCUT2D eigenvalue weighted by Crippen LogP contribution is 2.31. The third-order valence-electron chi connectivity index (χ3n) is 3.72. The molecule has 0 amide bonds. The number of rotatable bonds is 6. The summed E-state index contributed by atoms with van der Waals surface area (Å²) in [4.78, 5) is 10.7. The van der Waals surface area contributed by atoms with Gasteiger partial charge in [-0.25, -0.2) is 0 Å². The smallest absolute Gasteiger partial charge is 0.306 e. The van der Waals surface area contributed by atoms with Crippen molar-refractivity contribution in [3.05, 3.63) is 0 Å². The zero-order valence-electron chi connectivity index (χ0n) is 10.0. The Morgan fingerprint density at radius 1 is 1.27 bits per heavy atom. The predicted octanol–water partition coefficient (Wildman–Crippen LogP) is 3.70. The molecule has 1 aliphatic rings. The van der Waals surface area contributed by atoms with E-state index in [4.69, 9.17) is 5.11 Å². The molecule has 15 heavy (non-hydrogen) atoms. The van der Waals surface area contributed by atoms with Crippen LogP contribution in [0.15, 0.2) is 0 Å². The quantitative estimate of drug-likeness (QED) is 0.729. The lowest BCUT2D eigenvalue weighted by atomic mass is 9.89. The van der Waals surface area contributed by atoms with E-state index in [9.17, 15) is 4.79 Å². The highest BCUT2D eigenvalue weighted by Gasteiger charge is 2.19. The molecular formula is C13H24O2. The Balaban J connectivity index is 2.12. The molecule has 2 heteroatoms. The number of carbonyl (C=O) groups is 1. The molecule has 1 N–H and O–H groups in total. The molecule has 0 bridgehead atoms.